The van der Waals surface area contributed by atoms with Crippen molar-refractivity contribution in [3.8, 4) is 0 Å². The lowest BCUT2D eigenvalue weighted by molar-refractivity contribution is -0.150. The SMILES string of the molecule is CCCC1(C(=O)O)CCCN1CCc1cccs1. The van der Waals surface area contributed by atoms with Gasteiger partial charge in [-0.1, -0.05) is 19.4 Å². The molecule has 0 aliphatic carbocycles. The second kappa shape index (κ2) is 5.85. The topological polar surface area (TPSA) is 40.5 Å². The van der Waals surface area contributed by atoms with Crippen molar-refractivity contribution in [2.75, 3.05) is 13.1 Å². The number of rotatable bonds is 6. The van der Waals surface area contributed by atoms with Crippen LogP contribution in [0.5, 0.6) is 0 Å². The fourth-order valence-electron chi connectivity index (χ4n) is 3.01. The molecule has 18 heavy (non-hydrogen) atoms. The van der Waals surface area contributed by atoms with E-state index in [0.717, 1.165) is 45.2 Å². The predicted molar refractivity (Wildman–Crippen MR) is 74.1 cm³/mol. The van der Waals surface area contributed by atoms with Crippen LogP contribution >= 0.6 is 11.3 Å². The molecule has 1 atom stereocenters. The van der Waals surface area contributed by atoms with E-state index in [1.807, 2.05) is 0 Å². The molecule has 1 saturated heterocycles. The molecule has 1 aliphatic rings. The van der Waals surface area contributed by atoms with Crippen LogP contribution < -0.4 is 0 Å². The summed E-state index contributed by atoms with van der Waals surface area (Å²) in [6.45, 7) is 3.87. The Bertz CT molecular complexity index is 391. The van der Waals surface area contributed by atoms with Gasteiger partial charge >= 0.3 is 5.97 Å². The molecule has 1 N–H and O–H groups in total. The lowest BCUT2D eigenvalue weighted by atomic mass is 9.90. The van der Waals surface area contributed by atoms with Gasteiger partial charge in [-0.3, -0.25) is 9.69 Å². The molecule has 0 aromatic carbocycles. The molecule has 1 aromatic heterocycles. The number of aliphatic carboxylic acids is 1. The van der Waals surface area contributed by atoms with E-state index < -0.39 is 11.5 Å². The summed E-state index contributed by atoms with van der Waals surface area (Å²) in [6, 6.07) is 4.18. The van der Waals surface area contributed by atoms with Crippen molar-refractivity contribution in [3.05, 3.63) is 22.4 Å². The second-order valence-corrected chi connectivity index (χ2v) is 6.04. The Morgan fingerprint density at radius 1 is 1.61 bits per heavy atom. The predicted octanol–water partition coefficient (Wildman–Crippen LogP) is 3.01. The lowest BCUT2D eigenvalue weighted by Crippen LogP contribution is -2.51. The minimum atomic E-state index is -0.631. The Balaban J connectivity index is 2.03. The van der Waals surface area contributed by atoms with Crippen LogP contribution in [0.1, 0.15) is 37.5 Å². The fraction of sp³-hybridized carbons (Fsp3) is 0.643. The zero-order valence-corrected chi connectivity index (χ0v) is 11.7. The van der Waals surface area contributed by atoms with E-state index in [1.54, 1.807) is 11.3 Å². The van der Waals surface area contributed by atoms with Crippen molar-refractivity contribution in [1.82, 2.24) is 4.90 Å². The highest BCUT2D eigenvalue weighted by atomic mass is 32.1. The normalized spacial score (nSPS) is 24.5. The van der Waals surface area contributed by atoms with E-state index in [9.17, 15) is 9.90 Å². The third kappa shape index (κ3) is 2.59. The quantitative estimate of drug-likeness (QED) is 0.861. The molecule has 0 saturated carbocycles. The minimum absolute atomic E-state index is 0.591. The molecule has 1 unspecified atom stereocenters. The third-order valence-corrected chi connectivity index (χ3v) is 4.83. The van der Waals surface area contributed by atoms with E-state index in [0.29, 0.717) is 0 Å². The molecule has 2 heterocycles. The van der Waals surface area contributed by atoms with Gasteiger partial charge in [-0.2, -0.15) is 0 Å². The van der Waals surface area contributed by atoms with E-state index in [-0.39, 0.29) is 0 Å². The first-order chi connectivity index (χ1) is 8.69. The molecular weight excluding hydrogens is 246 g/mol. The maximum atomic E-state index is 11.6. The van der Waals surface area contributed by atoms with E-state index in [4.69, 9.17) is 0 Å². The summed E-state index contributed by atoms with van der Waals surface area (Å²) in [5.41, 5.74) is -0.591. The Kier molecular flexibility index (Phi) is 4.40. The monoisotopic (exact) mass is 267 g/mol. The third-order valence-electron chi connectivity index (χ3n) is 3.89. The van der Waals surface area contributed by atoms with Crippen LogP contribution in [0.4, 0.5) is 0 Å². The molecule has 1 aromatic rings. The van der Waals surface area contributed by atoms with Gasteiger partial charge in [0.15, 0.2) is 0 Å². The smallest absolute Gasteiger partial charge is 0.324 e. The van der Waals surface area contributed by atoms with Gasteiger partial charge in [0.2, 0.25) is 0 Å². The number of hydrogen-bond donors (Lipinski definition) is 1. The summed E-state index contributed by atoms with van der Waals surface area (Å²) in [5, 5.41) is 11.7. The number of hydrogen-bond acceptors (Lipinski definition) is 3. The molecule has 0 amide bonds. The molecule has 0 radical (unpaired) electrons. The van der Waals surface area contributed by atoms with Gasteiger partial charge in [-0.25, -0.2) is 0 Å². The number of nitrogens with zero attached hydrogens (tertiary/aromatic N) is 1. The summed E-state index contributed by atoms with van der Waals surface area (Å²) in [4.78, 5) is 15.2. The standard InChI is InChI=1S/C14H21NO2S/c1-2-7-14(13(16)17)8-4-9-15(14)10-6-12-5-3-11-18-12/h3,5,11H,2,4,6-10H2,1H3,(H,16,17). The highest BCUT2D eigenvalue weighted by Crippen LogP contribution is 2.34. The average molecular weight is 267 g/mol. The summed E-state index contributed by atoms with van der Waals surface area (Å²) in [5.74, 6) is -0.631. The van der Waals surface area contributed by atoms with E-state index in [2.05, 4.69) is 29.3 Å². The van der Waals surface area contributed by atoms with Gasteiger partial charge in [0.05, 0.1) is 0 Å². The van der Waals surface area contributed by atoms with E-state index >= 15 is 0 Å². The molecule has 100 valence electrons. The Labute approximate surface area is 112 Å². The first kappa shape index (κ1) is 13.6. The van der Waals surface area contributed by atoms with Crippen molar-refractivity contribution in [2.24, 2.45) is 0 Å². The van der Waals surface area contributed by atoms with Crippen LogP contribution in [-0.4, -0.2) is 34.6 Å². The van der Waals surface area contributed by atoms with Crippen LogP contribution in [0.25, 0.3) is 0 Å². The van der Waals surface area contributed by atoms with Gasteiger partial charge in [-0.15, -0.1) is 11.3 Å². The van der Waals surface area contributed by atoms with Gasteiger partial charge in [0.25, 0.3) is 0 Å². The molecule has 0 spiro atoms. The number of thiophene rings is 1. The molecule has 4 heteroatoms. The van der Waals surface area contributed by atoms with Gasteiger partial charge < -0.3 is 5.11 Å². The number of carboxylic acid groups (broad SMARTS) is 1. The Hall–Kier alpha value is -0.870. The van der Waals surface area contributed by atoms with Gasteiger partial charge in [0.1, 0.15) is 5.54 Å². The van der Waals surface area contributed by atoms with Crippen LogP contribution in [0, 0.1) is 0 Å². The van der Waals surface area contributed by atoms with Gasteiger partial charge in [-0.05, 0) is 43.7 Å². The van der Waals surface area contributed by atoms with Crippen LogP contribution in [-0.2, 0) is 11.2 Å². The zero-order chi connectivity index (χ0) is 13.0. The molecule has 1 fully saturated rings. The highest BCUT2D eigenvalue weighted by molar-refractivity contribution is 7.09. The number of carboxylic acids is 1. The van der Waals surface area contributed by atoms with Gasteiger partial charge in [0, 0.05) is 11.4 Å². The average Bonchev–Trinajstić information content (AvgIpc) is 2.96. The molecular formula is C14H21NO2S. The molecule has 3 nitrogen and oxygen atoms in total. The first-order valence-corrected chi connectivity index (χ1v) is 7.58. The van der Waals surface area contributed by atoms with Crippen molar-refractivity contribution < 1.29 is 9.90 Å². The number of carbonyl (C=O) groups is 1. The van der Waals surface area contributed by atoms with Crippen LogP contribution in [0.3, 0.4) is 0 Å². The summed E-state index contributed by atoms with van der Waals surface area (Å²) in [7, 11) is 0. The minimum Gasteiger partial charge on any atom is -0.480 e. The van der Waals surface area contributed by atoms with E-state index in [1.165, 1.54) is 4.88 Å². The fourth-order valence-corrected chi connectivity index (χ4v) is 3.70. The van der Waals surface area contributed by atoms with Crippen molar-refractivity contribution >= 4 is 17.3 Å². The lowest BCUT2D eigenvalue weighted by Gasteiger charge is -2.34. The highest BCUT2D eigenvalue weighted by Gasteiger charge is 2.46. The Morgan fingerprint density at radius 2 is 2.44 bits per heavy atom. The summed E-state index contributed by atoms with van der Waals surface area (Å²) >= 11 is 1.75. The van der Waals surface area contributed by atoms with Crippen molar-refractivity contribution in [3.63, 3.8) is 0 Å². The van der Waals surface area contributed by atoms with Crippen LogP contribution in [0.15, 0.2) is 17.5 Å². The molecule has 2 rings (SSSR count). The maximum Gasteiger partial charge on any atom is 0.324 e. The number of likely N-dealkylation sites (tertiary alicyclic amines) is 1. The second-order valence-electron chi connectivity index (χ2n) is 5.01. The molecule has 0 bridgehead atoms. The Morgan fingerprint density at radius 3 is 3.06 bits per heavy atom. The van der Waals surface area contributed by atoms with Crippen LogP contribution in [0.2, 0.25) is 0 Å². The van der Waals surface area contributed by atoms with Crippen molar-refractivity contribution in [1.29, 1.82) is 0 Å². The molecule has 1 aliphatic heterocycles. The first-order valence-electron chi connectivity index (χ1n) is 6.70. The van der Waals surface area contributed by atoms with Crippen molar-refractivity contribution in [2.45, 2.75) is 44.6 Å². The zero-order valence-electron chi connectivity index (χ0n) is 10.9. The maximum absolute atomic E-state index is 11.6. The summed E-state index contributed by atoms with van der Waals surface area (Å²) in [6.07, 6.45) is 4.49. The largest absolute Gasteiger partial charge is 0.480 e. The summed E-state index contributed by atoms with van der Waals surface area (Å²) < 4.78 is 0.